The molecule has 0 bridgehead atoms. The number of nitrogens with one attached hydrogen (secondary N) is 2. The largest absolute Gasteiger partial charge is 0.344 e. The highest BCUT2D eigenvalue weighted by molar-refractivity contribution is 7.98. The van der Waals surface area contributed by atoms with E-state index in [4.69, 9.17) is 5.84 Å². The number of hydrogen-bond acceptors (Lipinski definition) is 5. The van der Waals surface area contributed by atoms with Crippen molar-refractivity contribution in [3.05, 3.63) is 45.9 Å². The lowest BCUT2D eigenvalue weighted by molar-refractivity contribution is 0.0953. The van der Waals surface area contributed by atoms with E-state index >= 15 is 0 Å². The summed E-state index contributed by atoms with van der Waals surface area (Å²) in [6.07, 6.45) is 2.08. The van der Waals surface area contributed by atoms with Gasteiger partial charge < -0.3 is 0 Å². The minimum Gasteiger partial charge on any atom is -0.290 e. The zero-order valence-electron chi connectivity index (χ0n) is 11.2. The highest BCUT2D eigenvalue weighted by atomic mass is 32.2. The fraction of sp³-hybridized carbons (Fsp3) is 0.308. The minimum atomic E-state index is -0.316. The normalized spacial score (nSPS) is 14.1. The first-order chi connectivity index (χ1) is 10.2. The predicted molar refractivity (Wildman–Crippen MR) is 78.8 cm³/mol. The molecule has 0 atom stereocenters. The van der Waals surface area contributed by atoms with E-state index in [1.165, 1.54) is 11.8 Å². The third-order valence-electron chi connectivity index (χ3n) is 3.30. The zero-order valence-corrected chi connectivity index (χ0v) is 12.0. The molecule has 2 aromatic rings. The van der Waals surface area contributed by atoms with Crippen LogP contribution in [0.25, 0.3) is 0 Å². The van der Waals surface area contributed by atoms with Crippen LogP contribution in [-0.4, -0.2) is 20.7 Å². The van der Waals surface area contributed by atoms with E-state index < -0.39 is 0 Å². The fourth-order valence-electron chi connectivity index (χ4n) is 2.03. The molecule has 110 valence electrons. The maximum absolute atomic E-state index is 11.7. The second kappa shape index (κ2) is 5.74. The summed E-state index contributed by atoms with van der Waals surface area (Å²) in [7, 11) is 0. The highest BCUT2D eigenvalue weighted by Gasteiger charge is 2.28. The summed E-state index contributed by atoms with van der Waals surface area (Å²) in [5.41, 5.74) is 3.51. The topological polar surface area (TPSA) is 106 Å². The molecule has 1 amide bonds. The lowest BCUT2D eigenvalue weighted by Gasteiger charge is -2.04. The Labute approximate surface area is 124 Å². The lowest BCUT2D eigenvalue weighted by Crippen LogP contribution is -2.29. The van der Waals surface area contributed by atoms with E-state index in [-0.39, 0.29) is 11.6 Å². The Morgan fingerprint density at radius 3 is 2.76 bits per heavy atom. The Hall–Kier alpha value is -2.06. The molecule has 21 heavy (non-hydrogen) atoms. The van der Waals surface area contributed by atoms with Gasteiger partial charge in [0.05, 0.1) is 0 Å². The van der Waals surface area contributed by atoms with E-state index in [0.29, 0.717) is 22.5 Å². The number of nitrogens with two attached hydrogens (primary N) is 1. The molecule has 0 unspecified atom stereocenters. The summed E-state index contributed by atoms with van der Waals surface area (Å²) in [6.45, 7) is 0. The molecule has 8 heteroatoms. The number of benzene rings is 1. The third kappa shape index (κ3) is 3.01. The van der Waals surface area contributed by atoms with Crippen LogP contribution >= 0.6 is 11.8 Å². The molecule has 1 aliphatic rings. The van der Waals surface area contributed by atoms with Gasteiger partial charge in [-0.2, -0.15) is 0 Å². The Kier molecular flexibility index (Phi) is 3.80. The monoisotopic (exact) mass is 305 g/mol. The van der Waals surface area contributed by atoms with Crippen molar-refractivity contribution in [2.45, 2.75) is 29.8 Å². The Bertz CT molecular complexity index is 702. The molecule has 1 aromatic heterocycles. The second-order valence-corrected chi connectivity index (χ2v) is 5.81. The number of hydrogen-bond donors (Lipinski definition) is 3. The molecule has 1 heterocycles. The van der Waals surface area contributed by atoms with Gasteiger partial charge in [-0.25, -0.2) is 15.7 Å². The third-order valence-corrected chi connectivity index (χ3v) is 4.32. The minimum absolute atomic E-state index is 0.144. The van der Waals surface area contributed by atoms with E-state index in [9.17, 15) is 9.59 Å². The summed E-state index contributed by atoms with van der Waals surface area (Å²) in [5.74, 6) is 5.45. The van der Waals surface area contributed by atoms with Gasteiger partial charge in [-0.15, -0.1) is 5.10 Å². The molecule has 7 nitrogen and oxygen atoms in total. The molecule has 0 aliphatic heterocycles. The molecule has 1 aromatic carbocycles. The maximum atomic E-state index is 11.7. The van der Waals surface area contributed by atoms with Gasteiger partial charge in [0.2, 0.25) is 0 Å². The van der Waals surface area contributed by atoms with Crippen LogP contribution in [-0.2, 0) is 5.75 Å². The first-order valence-electron chi connectivity index (χ1n) is 6.58. The number of rotatable bonds is 5. The van der Waals surface area contributed by atoms with Gasteiger partial charge in [0, 0.05) is 17.4 Å². The molecular formula is C13H15N5O2S. The summed E-state index contributed by atoms with van der Waals surface area (Å²) < 4.78 is 1.72. The molecular weight excluding hydrogens is 290 g/mol. The summed E-state index contributed by atoms with van der Waals surface area (Å²) in [5, 5.41) is 7.27. The maximum Gasteiger partial charge on any atom is 0.344 e. The first kappa shape index (κ1) is 13.9. The smallest absolute Gasteiger partial charge is 0.290 e. The van der Waals surface area contributed by atoms with E-state index in [1.54, 1.807) is 16.7 Å². The molecule has 1 aliphatic carbocycles. The SMILES string of the molecule is NNC(=O)c1ccc(CSc2n[nH]c(=O)n2C2CC2)cc1. The van der Waals surface area contributed by atoms with Crippen LogP contribution in [0.1, 0.15) is 34.8 Å². The van der Waals surface area contributed by atoms with Crippen molar-refractivity contribution < 1.29 is 4.79 Å². The average Bonchev–Trinajstić information content (AvgIpc) is 3.28. The van der Waals surface area contributed by atoms with Crippen LogP contribution in [0, 0.1) is 0 Å². The number of nitrogens with zero attached hydrogens (tertiary/aromatic N) is 2. The molecule has 0 radical (unpaired) electrons. The summed E-state index contributed by atoms with van der Waals surface area (Å²) in [6, 6.07) is 7.47. The van der Waals surface area contributed by atoms with Crippen LogP contribution < -0.4 is 17.0 Å². The predicted octanol–water partition coefficient (Wildman–Crippen LogP) is 0.802. The van der Waals surface area contributed by atoms with Crippen molar-refractivity contribution in [2.75, 3.05) is 0 Å². The Morgan fingerprint density at radius 1 is 1.43 bits per heavy atom. The molecule has 1 saturated carbocycles. The van der Waals surface area contributed by atoms with Gasteiger partial charge in [-0.05, 0) is 30.5 Å². The molecule has 3 rings (SSSR count). The molecule has 0 saturated heterocycles. The second-order valence-electron chi connectivity index (χ2n) is 4.87. The van der Waals surface area contributed by atoms with Gasteiger partial charge in [0.15, 0.2) is 5.16 Å². The molecule has 4 N–H and O–H groups in total. The number of carbonyl (C=O) groups is 1. The van der Waals surface area contributed by atoms with Gasteiger partial charge >= 0.3 is 5.69 Å². The van der Waals surface area contributed by atoms with Crippen LogP contribution in [0.5, 0.6) is 0 Å². The van der Waals surface area contributed by atoms with Gasteiger partial charge in [-0.1, -0.05) is 23.9 Å². The molecule has 1 fully saturated rings. The van der Waals surface area contributed by atoms with Crippen molar-refractivity contribution in [1.82, 2.24) is 20.2 Å². The molecule has 0 spiro atoms. The van der Waals surface area contributed by atoms with Gasteiger partial charge in [0.1, 0.15) is 0 Å². The van der Waals surface area contributed by atoms with E-state index in [0.717, 1.165) is 18.4 Å². The Balaban J connectivity index is 1.68. The quantitative estimate of drug-likeness (QED) is 0.328. The van der Waals surface area contributed by atoms with Gasteiger partial charge in [0.25, 0.3) is 5.91 Å². The van der Waals surface area contributed by atoms with Gasteiger partial charge in [-0.3, -0.25) is 14.8 Å². The van der Waals surface area contributed by atoms with Crippen molar-refractivity contribution in [3.8, 4) is 0 Å². The summed E-state index contributed by atoms with van der Waals surface area (Å²) in [4.78, 5) is 23.0. The van der Waals surface area contributed by atoms with Crippen LogP contribution in [0.4, 0.5) is 0 Å². The number of hydrazine groups is 1. The van der Waals surface area contributed by atoms with E-state index in [1.807, 2.05) is 12.1 Å². The number of nitrogen functional groups attached to an aromatic ring is 1. The lowest BCUT2D eigenvalue weighted by atomic mass is 10.1. The number of amides is 1. The van der Waals surface area contributed by atoms with Crippen LogP contribution in [0.15, 0.2) is 34.2 Å². The van der Waals surface area contributed by atoms with Crippen LogP contribution in [0.2, 0.25) is 0 Å². The Morgan fingerprint density at radius 2 is 2.14 bits per heavy atom. The van der Waals surface area contributed by atoms with E-state index in [2.05, 4.69) is 15.6 Å². The zero-order chi connectivity index (χ0) is 14.8. The average molecular weight is 305 g/mol. The number of aromatic nitrogens is 3. The van der Waals surface area contributed by atoms with Crippen molar-refractivity contribution in [2.24, 2.45) is 5.84 Å². The van der Waals surface area contributed by atoms with Crippen molar-refractivity contribution >= 4 is 17.7 Å². The number of aromatic amines is 1. The number of thioether (sulfide) groups is 1. The first-order valence-corrected chi connectivity index (χ1v) is 7.57. The number of H-pyrrole nitrogens is 1. The van der Waals surface area contributed by atoms with Crippen molar-refractivity contribution in [1.29, 1.82) is 0 Å². The standard InChI is InChI=1S/C13H15N5O2S/c14-15-11(19)9-3-1-8(2-4-9)7-21-13-17-16-12(20)18(13)10-5-6-10/h1-4,10H,5-7,14H2,(H,15,19)(H,16,20). The number of carbonyl (C=O) groups excluding carboxylic acids is 1. The van der Waals surface area contributed by atoms with Crippen LogP contribution in [0.3, 0.4) is 0 Å². The fourth-order valence-corrected chi connectivity index (χ4v) is 3.00. The summed E-state index contributed by atoms with van der Waals surface area (Å²) >= 11 is 1.50. The highest BCUT2D eigenvalue weighted by Crippen LogP contribution is 2.36. The van der Waals surface area contributed by atoms with Crippen molar-refractivity contribution in [3.63, 3.8) is 0 Å².